The third-order valence-electron chi connectivity index (χ3n) is 3.99. The number of ether oxygens (including phenoxy) is 2. The van der Waals surface area contributed by atoms with Gasteiger partial charge in [-0.15, -0.1) is 0 Å². The molecule has 6 nitrogen and oxygen atoms in total. The van der Waals surface area contributed by atoms with E-state index >= 15 is 0 Å². The van der Waals surface area contributed by atoms with Gasteiger partial charge in [0.25, 0.3) is 0 Å². The Hall–Kier alpha value is -3.00. The van der Waals surface area contributed by atoms with E-state index in [1.165, 1.54) is 12.1 Å². The summed E-state index contributed by atoms with van der Waals surface area (Å²) in [5, 5.41) is 11.5. The van der Waals surface area contributed by atoms with E-state index in [4.69, 9.17) is 21.7 Å². The number of hydrogen-bond acceptors (Lipinski definition) is 5. The second kappa shape index (κ2) is 9.27. The number of benzene rings is 2. The zero-order valence-electron chi connectivity index (χ0n) is 15.7. The van der Waals surface area contributed by atoms with Crippen LogP contribution in [0.15, 0.2) is 47.6 Å². The Balaban J connectivity index is 1.90. The summed E-state index contributed by atoms with van der Waals surface area (Å²) >= 11 is 5.29. The summed E-state index contributed by atoms with van der Waals surface area (Å²) < 4.78 is 26.3. The van der Waals surface area contributed by atoms with E-state index in [0.717, 1.165) is 17.5 Å². The van der Waals surface area contributed by atoms with Crippen molar-refractivity contribution >= 4 is 18.4 Å². The Labute approximate surface area is 167 Å². The zero-order chi connectivity index (χ0) is 19.9. The Kier molecular flexibility index (Phi) is 6.54. The van der Waals surface area contributed by atoms with E-state index in [9.17, 15) is 4.39 Å². The fraction of sp³-hybridized carbons (Fsp3) is 0.250. The normalized spacial score (nSPS) is 11.1. The number of nitrogens with one attached hydrogen (secondary N) is 1. The van der Waals surface area contributed by atoms with Crippen LogP contribution in [0.2, 0.25) is 0 Å². The minimum Gasteiger partial charge on any atom is -0.493 e. The fourth-order valence-corrected chi connectivity index (χ4v) is 2.81. The predicted molar refractivity (Wildman–Crippen MR) is 108 cm³/mol. The summed E-state index contributed by atoms with van der Waals surface area (Å²) in [6, 6.07) is 11.8. The highest BCUT2D eigenvalue weighted by Gasteiger charge is 2.10. The molecule has 2 aromatic carbocycles. The van der Waals surface area contributed by atoms with Crippen molar-refractivity contribution in [3.8, 4) is 11.5 Å². The van der Waals surface area contributed by atoms with Crippen LogP contribution in [0.5, 0.6) is 11.5 Å². The first-order valence-electron chi connectivity index (χ1n) is 8.87. The highest BCUT2D eigenvalue weighted by atomic mass is 32.1. The van der Waals surface area contributed by atoms with Crippen LogP contribution in [0.1, 0.15) is 30.3 Å². The van der Waals surface area contributed by atoms with Gasteiger partial charge in [0.2, 0.25) is 4.77 Å². The Morgan fingerprint density at radius 1 is 1.25 bits per heavy atom. The molecular formula is C20H21FN4O2S. The van der Waals surface area contributed by atoms with Gasteiger partial charge >= 0.3 is 0 Å². The molecule has 0 amide bonds. The molecule has 0 aliphatic heterocycles. The van der Waals surface area contributed by atoms with Crippen LogP contribution in [0.4, 0.5) is 4.39 Å². The number of hydrogen-bond donors (Lipinski definition) is 1. The largest absolute Gasteiger partial charge is 0.493 e. The number of H-pyrrole nitrogens is 1. The standard InChI is InChI=1S/C20H21FN4O2S/c1-3-11-27-19-15(5-4-6-17(19)26-2)13-22-25-18(23-24-20(25)28)12-14-7-9-16(21)10-8-14/h4-10,13H,3,11-12H2,1-2H3,(H,24,28)/b22-13-. The van der Waals surface area contributed by atoms with Gasteiger partial charge in [0, 0.05) is 12.0 Å². The van der Waals surface area contributed by atoms with Crippen molar-refractivity contribution < 1.29 is 13.9 Å². The molecule has 28 heavy (non-hydrogen) atoms. The monoisotopic (exact) mass is 400 g/mol. The molecular weight excluding hydrogens is 379 g/mol. The summed E-state index contributed by atoms with van der Waals surface area (Å²) in [5.74, 6) is 1.61. The molecule has 1 N–H and O–H groups in total. The van der Waals surface area contributed by atoms with Crippen molar-refractivity contribution in [1.82, 2.24) is 14.9 Å². The van der Waals surface area contributed by atoms with Crippen LogP contribution < -0.4 is 9.47 Å². The van der Waals surface area contributed by atoms with Crippen molar-refractivity contribution in [1.29, 1.82) is 0 Å². The average molecular weight is 400 g/mol. The molecule has 0 aliphatic rings. The van der Waals surface area contributed by atoms with Gasteiger partial charge in [-0.2, -0.15) is 14.9 Å². The van der Waals surface area contributed by atoms with Gasteiger partial charge in [0.15, 0.2) is 17.3 Å². The van der Waals surface area contributed by atoms with Crippen molar-refractivity contribution in [2.75, 3.05) is 13.7 Å². The van der Waals surface area contributed by atoms with Gasteiger partial charge in [-0.25, -0.2) is 4.39 Å². The summed E-state index contributed by atoms with van der Waals surface area (Å²) in [5.41, 5.74) is 1.67. The minimum atomic E-state index is -0.279. The van der Waals surface area contributed by atoms with E-state index in [0.29, 0.717) is 35.1 Å². The first-order valence-corrected chi connectivity index (χ1v) is 9.28. The summed E-state index contributed by atoms with van der Waals surface area (Å²) in [6.45, 7) is 2.61. The van der Waals surface area contributed by atoms with Crippen molar-refractivity contribution in [2.24, 2.45) is 5.10 Å². The molecule has 146 valence electrons. The van der Waals surface area contributed by atoms with Crippen molar-refractivity contribution in [3.63, 3.8) is 0 Å². The average Bonchev–Trinajstić information content (AvgIpc) is 3.05. The van der Waals surface area contributed by atoms with Gasteiger partial charge < -0.3 is 9.47 Å². The molecule has 0 unspecified atom stereocenters. The van der Waals surface area contributed by atoms with E-state index in [2.05, 4.69) is 15.3 Å². The summed E-state index contributed by atoms with van der Waals surface area (Å²) in [7, 11) is 1.60. The molecule has 0 aliphatic carbocycles. The van der Waals surface area contributed by atoms with Gasteiger partial charge in [0.1, 0.15) is 5.82 Å². The number of methoxy groups -OCH3 is 1. The van der Waals surface area contributed by atoms with Crippen LogP contribution in [-0.2, 0) is 6.42 Å². The van der Waals surface area contributed by atoms with Crippen LogP contribution in [0.25, 0.3) is 0 Å². The molecule has 0 spiro atoms. The van der Waals surface area contributed by atoms with Gasteiger partial charge in [-0.3, -0.25) is 5.10 Å². The number of halogens is 1. The molecule has 1 aromatic heterocycles. The molecule has 0 radical (unpaired) electrons. The molecule has 3 rings (SSSR count). The first-order chi connectivity index (χ1) is 13.6. The van der Waals surface area contributed by atoms with Gasteiger partial charge in [-0.05, 0) is 48.5 Å². The molecule has 0 fully saturated rings. The van der Waals surface area contributed by atoms with Crippen molar-refractivity contribution in [2.45, 2.75) is 19.8 Å². The predicted octanol–water partition coefficient (Wildman–Crippen LogP) is 4.35. The van der Waals surface area contributed by atoms with Crippen LogP contribution >= 0.6 is 12.2 Å². The van der Waals surface area contributed by atoms with E-state index in [1.807, 2.05) is 25.1 Å². The highest BCUT2D eigenvalue weighted by Crippen LogP contribution is 2.30. The molecule has 0 bridgehead atoms. The topological polar surface area (TPSA) is 64.4 Å². The number of para-hydroxylation sites is 1. The van der Waals surface area contributed by atoms with Crippen LogP contribution in [-0.4, -0.2) is 34.8 Å². The van der Waals surface area contributed by atoms with Crippen molar-refractivity contribution in [3.05, 3.63) is 70.0 Å². The highest BCUT2D eigenvalue weighted by molar-refractivity contribution is 7.71. The maximum atomic E-state index is 13.1. The molecule has 0 saturated heterocycles. The molecule has 8 heteroatoms. The summed E-state index contributed by atoms with van der Waals surface area (Å²) in [6.07, 6.45) is 3.00. The first kappa shape index (κ1) is 19.8. The van der Waals surface area contributed by atoms with E-state index < -0.39 is 0 Å². The SMILES string of the molecule is CCCOc1c(/C=N\n2c(Cc3ccc(F)cc3)n[nH]c2=S)cccc1OC. The van der Waals surface area contributed by atoms with Gasteiger partial charge in [0.05, 0.1) is 19.9 Å². The number of aromatic amines is 1. The fourth-order valence-electron chi connectivity index (χ4n) is 2.62. The lowest BCUT2D eigenvalue weighted by Gasteiger charge is -2.12. The summed E-state index contributed by atoms with van der Waals surface area (Å²) in [4.78, 5) is 0. The zero-order valence-corrected chi connectivity index (χ0v) is 16.5. The molecule has 1 heterocycles. The van der Waals surface area contributed by atoms with Gasteiger partial charge in [-0.1, -0.05) is 25.1 Å². The lowest BCUT2D eigenvalue weighted by atomic mass is 10.1. The van der Waals surface area contributed by atoms with E-state index in [-0.39, 0.29) is 5.82 Å². The second-order valence-corrected chi connectivity index (χ2v) is 6.42. The maximum absolute atomic E-state index is 13.1. The number of aromatic nitrogens is 3. The second-order valence-electron chi connectivity index (χ2n) is 6.03. The smallest absolute Gasteiger partial charge is 0.216 e. The number of rotatable bonds is 8. The molecule has 0 atom stereocenters. The lowest BCUT2D eigenvalue weighted by molar-refractivity contribution is 0.294. The third-order valence-corrected chi connectivity index (χ3v) is 4.25. The minimum absolute atomic E-state index is 0.279. The Morgan fingerprint density at radius 3 is 2.75 bits per heavy atom. The molecule has 3 aromatic rings. The Morgan fingerprint density at radius 2 is 2.04 bits per heavy atom. The Bertz CT molecular complexity index is 1010. The quantitative estimate of drug-likeness (QED) is 0.451. The van der Waals surface area contributed by atoms with Crippen LogP contribution in [0, 0.1) is 10.6 Å². The van der Waals surface area contributed by atoms with Crippen LogP contribution in [0.3, 0.4) is 0 Å². The maximum Gasteiger partial charge on any atom is 0.216 e. The molecule has 0 saturated carbocycles. The third kappa shape index (κ3) is 4.64. The lowest BCUT2D eigenvalue weighted by Crippen LogP contribution is -2.03. The number of nitrogens with zero attached hydrogens (tertiary/aromatic N) is 3. The van der Waals surface area contributed by atoms with E-state index in [1.54, 1.807) is 30.1 Å².